The Balaban J connectivity index is 1.69. The highest BCUT2D eigenvalue weighted by atomic mass is 19.1. The van der Waals surface area contributed by atoms with E-state index in [2.05, 4.69) is 64.9 Å². The van der Waals surface area contributed by atoms with Crippen molar-refractivity contribution in [1.82, 2.24) is 4.57 Å². The van der Waals surface area contributed by atoms with Crippen LogP contribution in [0.1, 0.15) is 11.1 Å². The van der Waals surface area contributed by atoms with E-state index in [1.54, 1.807) is 0 Å². The van der Waals surface area contributed by atoms with Crippen LogP contribution in [0.25, 0.3) is 38.6 Å². The van der Waals surface area contributed by atoms with Crippen molar-refractivity contribution < 1.29 is 4.39 Å². The molecular weight excluding hydrogens is 417 g/mol. The molecule has 0 amide bonds. The standard InChI is InChI=1S/C32H20FN/c33-26-17-19-27(20-18-26)34-31(24-11-5-2-6-12-24)22-30-29-14-8-7-13-28(29)25(21-32(30)34)16-15-23-9-3-1-4-10-23/h1-14,17-22H. The Morgan fingerprint density at radius 3 is 1.94 bits per heavy atom. The lowest BCUT2D eigenvalue weighted by atomic mass is 10.0. The predicted octanol–water partition coefficient (Wildman–Crippen LogP) is 7.99. The van der Waals surface area contributed by atoms with Gasteiger partial charge in [-0.3, -0.25) is 0 Å². The number of nitrogens with zero attached hydrogens (tertiary/aromatic N) is 1. The van der Waals surface area contributed by atoms with Crippen molar-refractivity contribution >= 4 is 21.7 Å². The zero-order valence-corrected chi connectivity index (χ0v) is 18.4. The Kier molecular flexibility index (Phi) is 4.94. The molecule has 160 valence electrons. The molecule has 0 fully saturated rings. The largest absolute Gasteiger partial charge is 0.309 e. The molecule has 0 saturated heterocycles. The highest BCUT2D eigenvalue weighted by Crippen LogP contribution is 2.37. The maximum absolute atomic E-state index is 13.8. The lowest BCUT2D eigenvalue weighted by molar-refractivity contribution is 0.627. The van der Waals surface area contributed by atoms with Gasteiger partial charge >= 0.3 is 0 Å². The first-order valence-electron chi connectivity index (χ1n) is 11.2. The quantitative estimate of drug-likeness (QED) is 0.242. The summed E-state index contributed by atoms with van der Waals surface area (Å²) in [4.78, 5) is 0. The predicted molar refractivity (Wildman–Crippen MR) is 139 cm³/mol. The van der Waals surface area contributed by atoms with E-state index >= 15 is 0 Å². The number of hydrogen-bond donors (Lipinski definition) is 0. The second-order valence-corrected chi connectivity index (χ2v) is 8.23. The zero-order valence-electron chi connectivity index (χ0n) is 18.4. The van der Waals surface area contributed by atoms with Crippen LogP contribution in [0.4, 0.5) is 4.39 Å². The zero-order chi connectivity index (χ0) is 22.9. The van der Waals surface area contributed by atoms with E-state index in [1.807, 2.05) is 60.7 Å². The molecule has 0 aliphatic rings. The minimum absolute atomic E-state index is 0.249. The van der Waals surface area contributed by atoms with Gasteiger partial charge in [-0.05, 0) is 64.9 Å². The van der Waals surface area contributed by atoms with Gasteiger partial charge in [-0.15, -0.1) is 0 Å². The highest BCUT2D eigenvalue weighted by molar-refractivity contribution is 6.11. The van der Waals surface area contributed by atoms with Gasteiger partial charge in [0.2, 0.25) is 0 Å². The molecule has 6 aromatic rings. The summed E-state index contributed by atoms with van der Waals surface area (Å²) in [6.45, 7) is 0. The lowest BCUT2D eigenvalue weighted by Gasteiger charge is -2.12. The first-order valence-corrected chi connectivity index (χ1v) is 11.2. The average molecular weight is 438 g/mol. The third-order valence-corrected chi connectivity index (χ3v) is 6.10. The Bertz CT molecular complexity index is 1680. The lowest BCUT2D eigenvalue weighted by Crippen LogP contribution is -1.97. The third kappa shape index (κ3) is 3.54. The summed E-state index contributed by atoms with van der Waals surface area (Å²) in [6, 6.07) is 39.8. The topological polar surface area (TPSA) is 4.93 Å². The van der Waals surface area contributed by atoms with Crippen LogP contribution in [0.15, 0.2) is 121 Å². The smallest absolute Gasteiger partial charge is 0.123 e. The number of fused-ring (bicyclic) bond motifs is 3. The normalized spacial score (nSPS) is 10.9. The van der Waals surface area contributed by atoms with E-state index in [-0.39, 0.29) is 5.82 Å². The van der Waals surface area contributed by atoms with Crippen molar-refractivity contribution in [3.63, 3.8) is 0 Å². The molecule has 34 heavy (non-hydrogen) atoms. The fourth-order valence-electron chi connectivity index (χ4n) is 4.50. The maximum Gasteiger partial charge on any atom is 0.123 e. The Morgan fingerprint density at radius 1 is 0.559 bits per heavy atom. The first kappa shape index (κ1) is 20.0. The maximum atomic E-state index is 13.8. The second-order valence-electron chi connectivity index (χ2n) is 8.23. The van der Waals surface area contributed by atoms with E-state index in [1.165, 1.54) is 12.1 Å². The molecule has 0 radical (unpaired) electrons. The van der Waals surface area contributed by atoms with Crippen molar-refractivity contribution in [1.29, 1.82) is 0 Å². The van der Waals surface area contributed by atoms with Crippen molar-refractivity contribution in [2.45, 2.75) is 0 Å². The molecule has 0 saturated carbocycles. The molecule has 0 aliphatic heterocycles. The highest BCUT2D eigenvalue weighted by Gasteiger charge is 2.16. The third-order valence-electron chi connectivity index (χ3n) is 6.10. The minimum Gasteiger partial charge on any atom is -0.309 e. The SMILES string of the molecule is Fc1ccc(-n2c(-c3ccccc3)cc3c4ccccc4c(C#Cc4ccccc4)cc32)cc1. The molecule has 0 unspecified atom stereocenters. The van der Waals surface area contributed by atoms with Crippen molar-refractivity contribution in [2.24, 2.45) is 0 Å². The minimum atomic E-state index is -0.249. The molecule has 0 N–H and O–H groups in total. The number of benzene rings is 5. The van der Waals surface area contributed by atoms with Crippen LogP contribution in [0.3, 0.4) is 0 Å². The number of halogens is 1. The van der Waals surface area contributed by atoms with Crippen LogP contribution in [0.5, 0.6) is 0 Å². The van der Waals surface area contributed by atoms with Gasteiger partial charge in [-0.1, -0.05) is 84.6 Å². The second kappa shape index (κ2) is 8.39. The molecule has 0 aliphatic carbocycles. The van der Waals surface area contributed by atoms with Crippen LogP contribution in [0, 0.1) is 17.7 Å². The van der Waals surface area contributed by atoms with Gasteiger partial charge in [0, 0.05) is 22.2 Å². The molecule has 1 aromatic heterocycles. The molecule has 0 atom stereocenters. The molecule has 0 bridgehead atoms. The first-order chi connectivity index (χ1) is 16.8. The summed E-state index contributed by atoms with van der Waals surface area (Å²) in [5, 5.41) is 3.41. The number of rotatable bonds is 2. The fraction of sp³-hybridized carbons (Fsp3) is 0. The molecule has 1 nitrogen and oxygen atoms in total. The van der Waals surface area contributed by atoms with E-state index < -0.39 is 0 Å². The van der Waals surface area contributed by atoms with Gasteiger partial charge in [0.1, 0.15) is 5.82 Å². The van der Waals surface area contributed by atoms with E-state index in [0.29, 0.717) is 0 Å². The van der Waals surface area contributed by atoms with Gasteiger partial charge in [-0.25, -0.2) is 4.39 Å². The van der Waals surface area contributed by atoms with Crippen LogP contribution >= 0.6 is 0 Å². The van der Waals surface area contributed by atoms with Crippen LogP contribution in [0.2, 0.25) is 0 Å². The molecule has 5 aromatic carbocycles. The molecule has 0 spiro atoms. The summed E-state index contributed by atoms with van der Waals surface area (Å²) >= 11 is 0. The van der Waals surface area contributed by atoms with Crippen LogP contribution in [-0.4, -0.2) is 4.57 Å². The molecular formula is C32H20FN. The van der Waals surface area contributed by atoms with Gasteiger partial charge in [0.25, 0.3) is 0 Å². The molecule has 6 rings (SSSR count). The van der Waals surface area contributed by atoms with E-state index in [0.717, 1.165) is 49.7 Å². The fourth-order valence-corrected chi connectivity index (χ4v) is 4.50. The Hall–Kier alpha value is -4.61. The average Bonchev–Trinajstić information content (AvgIpc) is 3.28. The van der Waals surface area contributed by atoms with Crippen molar-refractivity contribution in [3.05, 3.63) is 138 Å². The van der Waals surface area contributed by atoms with Crippen LogP contribution in [-0.2, 0) is 0 Å². The van der Waals surface area contributed by atoms with Crippen molar-refractivity contribution in [2.75, 3.05) is 0 Å². The van der Waals surface area contributed by atoms with Gasteiger partial charge < -0.3 is 4.57 Å². The Morgan fingerprint density at radius 2 is 1.21 bits per heavy atom. The summed E-state index contributed by atoms with van der Waals surface area (Å²) in [5.41, 5.74) is 6.05. The monoisotopic (exact) mass is 437 g/mol. The number of aromatic nitrogens is 1. The van der Waals surface area contributed by atoms with E-state index in [4.69, 9.17) is 0 Å². The van der Waals surface area contributed by atoms with Crippen LogP contribution < -0.4 is 0 Å². The van der Waals surface area contributed by atoms with Crippen molar-refractivity contribution in [3.8, 4) is 28.8 Å². The van der Waals surface area contributed by atoms with Gasteiger partial charge in [0.15, 0.2) is 0 Å². The number of hydrogen-bond acceptors (Lipinski definition) is 0. The molecule has 1 heterocycles. The van der Waals surface area contributed by atoms with Gasteiger partial charge in [-0.2, -0.15) is 0 Å². The van der Waals surface area contributed by atoms with E-state index in [9.17, 15) is 4.39 Å². The summed E-state index contributed by atoms with van der Waals surface area (Å²) < 4.78 is 16.0. The summed E-state index contributed by atoms with van der Waals surface area (Å²) in [6.07, 6.45) is 0. The Labute approximate surface area is 197 Å². The summed E-state index contributed by atoms with van der Waals surface area (Å²) in [5.74, 6) is 6.47. The summed E-state index contributed by atoms with van der Waals surface area (Å²) in [7, 11) is 0. The van der Waals surface area contributed by atoms with Gasteiger partial charge in [0.05, 0.1) is 11.2 Å². The molecule has 2 heteroatoms.